The molecule has 32 heavy (non-hydrogen) atoms. The van der Waals surface area contributed by atoms with E-state index in [1.165, 1.54) is 0 Å². The standard InChI is InChI=1S/C25H28ClN3O3/c1-25(2,3)32-24(30)29-15-5-4-10-20(29)23-21(11-7-13-27-23)31-16-17-8-6-9-18-19(26)12-14-28-22(17)18/h6-9,11-14,20H,4-5,10,15-16H2,1-3H3. The molecule has 0 spiro atoms. The first-order valence-electron chi connectivity index (χ1n) is 10.9. The van der Waals surface area contributed by atoms with Gasteiger partial charge >= 0.3 is 6.09 Å². The van der Waals surface area contributed by atoms with Crippen LogP contribution in [0.4, 0.5) is 4.79 Å². The van der Waals surface area contributed by atoms with Crippen molar-refractivity contribution in [2.24, 2.45) is 0 Å². The number of rotatable bonds is 4. The molecular weight excluding hydrogens is 426 g/mol. The number of nitrogens with zero attached hydrogens (tertiary/aromatic N) is 3. The Bertz CT molecular complexity index is 1110. The van der Waals surface area contributed by atoms with Crippen LogP contribution < -0.4 is 4.74 Å². The summed E-state index contributed by atoms with van der Waals surface area (Å²) in [7, 11) is 0. The highest BCUT2D eigenvalue weighted by molar-refractivity contribution is 6.35. The Morgan fingerprint density at radius 3 is 2.78 bits per heavy atom. The maximum Gasteiger partial charge on any atom is 0.410 e. The maximum atomic E-state index is 12.9. The SMILES string of the molecule is CC(C)(C)OC(=O)N1CCCCC1c1ncccc1OCc1cccc2c(Cl)ccnc12. The Hall–Kier alpha value is -2.86. The molecule has 1 atom stereocenters. The third kappa shape index (κ3) is 4.96. The van der Waals surface area contributed by atoms with Gasteiger partial charge in [0, 0.05) is 29.9 Å². The van der Waals surface area contributed by atoms with E-state index in [0.717, 1.165) is 41.4 Å². The van der Waals surface area contributed by atoms with Gasteiger partial charge in [-0.15, -0.1) is 0 Å². The minimum absolute atomic E-state index is 0.185. The van der Waals surface area contributed by atoms with Crippen molar-refractivity contribution in [1.82, 2.24) is 14.9 Å². The van der Waals surface area contributed by atoms with Crippen LogP contribution in [0.3, 0.4) is 0 Å². The monoisotopic (exact) mass is 453 g/mol. The molecule has 0 aliphatic carbocycles. The molecule has 7 heteroatoms. The topological polar surface area (TPSA) is 64.5 Å². The molecule has 4 rings (SSSR count). The second-order valence-corrected chi connectivity index (χ2v) is 9.37. The lowest BCUT2D eigenvalue weighted by molar-refractivity contribution is 0.00865. The molecule has 1 aliphatic heterocycles. The summed E-state index contributed by atoms with van der Waals surface area (Å²) in [6.45, 7) is 6.60. The number of para-hydroxylation sites is 1. The average Bonchev–Trinajstić information content (AvgIpc) is 2.77. The molecule has 3 heterocycles. The van der Waals surface area contributed by atoms with Crippen LogP contribution in [0.5, 0.6) is 5.75 Å². The minimum Gasteiger partial charge on any atom is -0.487 e. The van der Waals surface area contributed by atoms with E-state index in [2.05, 4.69) is 9.97 Å². The number of carbonyl (C=O) groups excluding carboxylic acids is 1. The van der Waals surface area contributed by atoms with Gasteiger partial charge in [-0.05, 0) is 58.2 Å². The number of likely N-dealkylation sites (tertiary alicyclic amines) is 1. The van der Waals surface area contributed by atoms with Crippen LogP contribution in [0.25, 0.3) is 10.9 Å². The van der Waals surface area contributed by atoms with Gasteiger partial charge in [0.2, 0.25) is 0 Å². The number of hydrogen-bond acceptors (Lipinski definition) is 5. The summed E-state index contributed by atoms with van der Waals surface area (Å²) in [5, 5.41) is 1.55. The average molecular weight is 454 g/mol. The van der Waals surface area contributed by atoms with Crippen molar-refractivity contribution in [2.45, 2.75) is 58.3 Å². The van der Waals surface area contributed by atoms with Crippen molar-refractivity contribution < 1.29 is 14.3 Å². The molecule has 0 N–H and O–H groups in total. The second-order valence-electron chi connectivity index (χ2n) is 8.97. The van der Waals surface area contributed by atoms with Crippen molar-refractivity contribution in [3.05, 3.63) is 65.1 Å². The van der Waals surface area contributed by atoms with Gasteiger partial charge in [0.25, 0.3) is 0 Å². The molecule has 0 saturated carbocycles. The van der Waals surface area contributed by atoms with Crippen LogP contribution in [0, 0.1) is 0 Å². The number of pyridine rings is 2. The summed E-state index contributed by atoms with van der Waals surface area (Å²) in [6, 6.07) is 11.2. The Labute approximate surface area is 193 Å². The predicted molar refractivity (Wildman–Crippen MR) is 125 cm³/mol. The van der Waals surface area contributed by atoms with Gasteiger partial charge in [-0.2, -0.15) is 0 Å². The molecule has 3 aromatic rings. The van der Waals surface area contributed by atoms with Gasteiger partial charge in [-0.1, -0.05) is 29.8 Å². The van der Waals surface area contributed by atoms with Crippen molar-refractivity contribution in [3.63, 3.8) is 0 Å². The lowest BCUT2D eigenvalue weighted by atomic mass is 9.98. The van der Waals surface area contributed by atoms with E-state index < -0.39 is 5.60 Å². The first kappa shape index (κ1) is 22.3. The molecule has 1 saturated heterocycles. The van der Waals surface area contributed by atoms with Crippen LogP contribution in [0.2, 0.25) is 5.02 Å². The number of aromatic nitrogens is 2. The molecule has 2 aromatic heterocycles. The van der Waals surface area contributed by atoms with E-state index in [0.29, 0.717) is 23.9 Å². The van der Waals surface area contributed by atoms with E-state index in [1.807, 2.05) is 51.1 Å². The second kappa shape index (κ2) is 9.33. The minimum atomic E-state index is -0.550. The molecule has 1 unspecified atom stereocenters. The van der Waals surface area contributed by atoms with Crippen LogP contribution in [0.1, 0.15) is 57.3 Å². The van der Waals surface area contributed by atoms with E-state index in [-0.39, 0.29) is 12.1 Å². The van der Waals surface area contributed by atoms with Gasteiger partial charge in [0.05, 0.1) is 16.6 Å². The van der Waals surface area contributed by atoms with Gasteiger partial charge in [0.15, 0.2) is 0 Å². The Morgan fingerprint density at radius 2 is 1.97 bits per heavy atom. The van der Waals surface area contributed by atoms with Crippen LogP contribution in [-0.2, 0) is 11.3 Å². The molecule has 1 fully saturated rings. The number of ether oxygens (including phenoxy) is 2. The smallest absolute Gasteiger partial charge is 0.410 e. The number of carbonyl (C=O) groups is 1. The Morgan fingerprint density at radius 1 is 1.12 bits per heavy atom. The van der Waals surface area contributed by atoms with E-state index in [1.54, 1.807) is 23.4 Å². The van der Waals surface area contributed by atoms with Gasteiger partial charge in [-0.25, -0.2) is 4.79 Å². The normalized spacial score (nSPS) is 16.8. The molecule has 1 amide bonds. The van der Waals surface area contributed by atoms with Crippen molar-refractivity contribution in [3.8, 4) is 5.75 Å². The first-order valence-corrected chi connectivity index (χ1v) is 11.3. The number of hydrogen-bond donors (Lipinski definition) is 0. The fraction of sp³-hybridized carbons (Fsp3) is 0.400. The van der Waals surface area contributed by atoms with Gasteiger partial charge in [-0.3, -0.25) is 14.9 Å². The summed E-state index contributed by atoms with van der Waals surface area (Å²) in [5.41, 5.74) is 1.96. The van der Waals surface area contributed by atoms with E-state index in [4.69, 9.17) is 21.1 Å². The van der Waals surface area contributed by atoms with Crippen LogP contribution in [0.15, 0.2) is 48.8 Å². The fourth-order valence-electron chi connectivity index (χ4n) is 4.01. The van der Waals surface area contributed by atoms with Gasteiger partial charge < -0.3 is 9.47 Å². The quantitative estimate of drug-likeness (QED) is 0.462. The zero-order valence-electron chi connectivity index (χ0n) is 18.7. The van der Waals surface area contributed by atoms with Crippen molar-refractivity contribution in [2.75, 3.05) is 6.54 Å². The molecule has 6 nitrogen and oxygen atoms in total. The summed E-state index contributed by atoms with van der Waals surface area (Å²) in [6.07, 6.45) is 5.91. The molecule has 0 radical (unpaired) electrons. The van der Waals surface area contributed by atoms with Gasteiger partial charge in [0.1, 0.15) is 23.7 Å². The van der Waals surface area contributed by atoms with Crippen LogP contribution >= 0.6 is 11.6 Å². The number of amides is 1. The first-order chi connectivity index (χ1) is 15.3. The van der Waals surface area contributed by atoms with E-state index in [9.17, 15) is 4.79 Å². The lowest BCUT2D eigenvalue weighted by Crippen LogP contribution is -2.42. The molecule has 168 valence electrons. The predicted octanol–water partition coefficient (Wildman–Crippen LogP) is 6.32. The third-order valence-electron chi connectivity index (χ3n) is 5.43. The zero-order chi connectivity index (χ0) is 22.7. The highest BCUT2D eigenvalue weighted by Gasteiger charge is 2.33. The summed E-state index contributed by atoms with van der Waals surface area (Å²) >= 11 is 6.32. The molecule has 0 bridgehead atoms. The third-order valence-corrected chi connectivity index (χ3v) is 5.76. The number of benzene rings is 1. The lowest BCUT2D eigenvalue weighted by Gasteiger charge is -2.36. The van der Waals surface area contributed by atoms with Crippen LogP contribution in [-0.4, -0.2) is 33.1 Å². The summed E-state index contributed by atoms with van der Waals surface area (Å²) < 4.78 is 11.9. The number of piperidine rings is 1. The Kier molecular flexibility index (Phi) is 6.51. The Balaban J connectivity index is 1.59. The highest BCUT2D eigenvalue weighted by atomic mass is 35.5. The summed E-state index contributed by atoms with van der Waals surface area (Å²) in [4.78, 5) is 23.8. The molecule has 1 aromatic carbocycles. The van der Waals surface area contributed by atoms with E-state index >= 15 is 0 Å². The number of halogens is 1. The number of fused-ring (bicyclic) bond motifs is 1. The highest BCUT2D eigenvalue weighted by Crippen LogP contribution is 2.36. The fourth-order valence-corrected chi connectivity index (χ4v) is 4.21. The maximum absolute atomic E-state index is 12.9. The largest absolute Gasteiger partial charge is 0.487 e. The van der Waals surface area contributed by atoms with Crippen molar-refractivity contribution >= 4 is 28.6 Å². The zero-order valence-corrected chi connectivity index (χ0v) is 19.4. The van der Waals surface area contributed by atoms with Crippen molar-refractivity contribution in [1.29, 1.82) is 0 Å². The molecular formula is C25H28ClN3O3. The summed E-state index contributed by atoms with van der Waals surface area (Å²) in [5.74, 6) is 0.659. The molecule has 1 aliphatic rings.